The predicted octanol–water partition coefficient (Wildman–Crippen LogP) is 5.35. The van der Waals surface area contributed by atoms with Gasteiger partial charge in [-0.25, -0.2) is 9.78 Å². The molecule has 0 bridgehead atoms. The quantitative estimate of drug-likeness (QED) is 0.265. The number of rotatable bonds is 13. The van der Waals surface area contributed by atoms with Crippen LogP contribution in [0.3, 0.4) is 0 Å². The Morgan fingerprint density at radius 1 is 0.889 bits per heavy atom. The first-order valence-corrected chi connectivity index (χ1v) is 10.6. The smallest absolute Gasteiger partial charge is 0.306 e. The Hall–Kier alpha value is -1.17. The van der Waals surface area contributed by atoms with Crippen LogP contribution in [0.25, 0.3) is 0 Å². The summed E-state index contributed by atoms with van der Waals surface area (Å²) in [6, 6.07) is 0. The zero-order chi connectivity index (χ0) is 19.3. The van der Waals surface area contributed by atoms with Crippen LogP contribution in [-0.4, -0.2) is 35.5 Å². The second-order valence-electron chi connectivity index (χ2n) is 7.73. The van der Waals surface area contributed by atoms with Crippen molar-refractivity contribution >= 4 is 5.97 Å². The number of carboxylic acids is 1. The molecule has 0 aromatic heterocycles. The van der Waals surface area contributed by atoms with E-state index in [2.05, 4.69) is 18.7 Å². The molecule has 0 aromatic carbocycles. The SMILES string of the molecule is C=CCC/C=C\CCCCCCC1CCC(C2CCC(CC(=O)O)OO2)O1. The number of aliphatic carboxylic acids is 1. The van der Waals surface area contributed by atoms with Crippen LogP contribution in [0.1, 0.15) is 83.5 Å². The van der Waals surface area contributed by atoms with E-state index in [1.165, 1.54) is 32.1 Å². The van der Waals surface area contributed by atoms with Gasteiger partial charge in [-0.1, -0.05) is 37.5 Å². The molecule has 2 aliphatic rings. The highest BCUT2D eigenvalue weighted by Gasteiger charge is 2.36. The standard InChI is InChI=1S/C22H36O5/c1-2-3-4-5-6-7-8-9-10-11-12-18-13-15-20(25-18)21-16-14-19(26-27-21)17-22(23)24/h2,5-6,18-21H,1,3-4,7-17H2,(H,23,24)/b6-5-. The summed E-state index contributed by atoms with van der Waals surface area (Å²) >= 11 is 0. The van der Waals surface area contributed by atoms with E-state index in [1.807, 2.05) is 6.08 Å². The molecule has 2 aliphatic heterocycles. The Morgan fingerprint density at radius 3 is 2.37 bits per heavy atom. The van der Waals surface area contributed by atoms with E-state index >= 15 is 0 Å². The van der Waals surface area contributed by atoms with Gasteiger partial charge in [-0.15, -0.1) is 6.58 Å². The summed E-state index contributed by atoms with van der Waals surface area (Å²) in [5.74, 6) is -0.844. The maximum Gasteiger partial charge on any atom is 0.306 e. The van der Waals surface area contributed by atoms with E-state index in [9.17, 15) is 4.79 Å². The average Bonchev–Trinajstić information content (AvgIpc) is 3.12. The highest BCUT2D eigenvalue weighted by molar-refractivity contribution is 5.67. The molecule has 0 aromatic rings. The minimum absolute atomic E-state index is 0.00544. The molecular weight excluding hydrogens is 344 g/mol. The monoisotopic (exact) mass is 380 g/mol. The maximum absolute atomic E-state index is 10.7. The van der Waals surface area contributed by atoms with Crippen molar-refractivity contribution in [2.24, 2.45) is 0 Å². The van der Waals surface area contributed by atoms with Gasteiger partial charge in [0.15, 0.2) is 0 Å². The van der Waals surface area contributed by atoms with Crippen LogP contribution in [0, 0.1) is 0 Å². The van der Waals surface area contributed by atoms with Crippen molar-refractivity contribution in [3.63, 3.8) is 0 Å². The van der Waals surface area contributed by atoms with E-state index in [0.717, 1.165) is 44.9 Å². The zero-order valence-corrected chi connectivity index (χ0v) is 16.5. The molecule has 5 heteroatoms. The molecule has 0 amide bonds. The fourth-order valence-corrected chi connectivity index (χ4v) is 3.83. The van der Waals surface area contributed by atoms with Gasteiger partial charge in [0, 0.05) is 0 Å². The third-order valence-electron chi connectivity index (χ3n) is 5.40. The van der Waals surface area contributed by atoms with Gasteiger partial charge in [0.1, 0.15) is 12.2 Å². The molecule has 2 heterocycles. The van der Waals surface area contributed by atoms with E-state index in [1.54, 1.807) is 0 Å². The number of hydrogen-bond donors (Lipinski definition) is 1. The first kappa shape index (κ1) is 22.1. The number of ether oxygens (including phenoxy) is 1. The summed E-state index contributed by atoms with van der Waals surface area (Å²) in [4.78, 5) is 21.4. The number of allylic oxidation sites excluding steroid dienone is 3. The molecule has 1 N–H and O–H groups in total. The van der Waals surface area contributed by atoms with Gasteiger partial charge >= 0.3 is 5.97 Å². The summed E-state index contributed by atoms with van der Waals surface area (Å²) < 4.78 is 6.16. The molecule has 27 heavy (non-hydrogen) atoms. The maximum atomic E-state index is 10.7. The lowest BCUT2D eigenvalue weighted by molar-refractivity contribution is -0.385. The van der Waals surface area contributed by atoms with Crippen molar-refractivity contribution in [3.05, 3.63) is 24.8 Å². The Labute approximate surface area is 163 Å². The van der Waals surface area contributed by atoms with Gasteiger partial charge in [-0.05, 0) is 57.8 Å². The summed E-state index contributed by atoms with van der Waals surface area (Å²) in [6.45, 7) is 3.73. The van der Waals surface area contributed by atoms with Gasteiger partial charge in [0.2, 0.25) is 0 Å². The molecule has 0 saturated carbocycles. The first-order valence-electron chi connectivity index (χ1n) is 10.6. The van der Waals surface area contributed by atoms with Crippen LogP contribution in [-0.2, 0) is 19.3 Å². The van der Waals surface area contributed by atoms with E-state index in [0.29, 0.717) is 6.10 Å². The number of carbonyl (C=O) groups is 1. The summed E-state index contributed by atoms with van der Waals surface area (Å²) in [5.41, 5.74) is 0. The summed E-state index contributed by atoms with van der Waals surface area (Å²) in [6.07, 6.45) is 19.8. The average molecular weight is 381 g/mol. The van der Waals surface area contributed by atoms with Gasteiger partial charge in [-0.3, -0.25) is 4.79 Å². The fraction of sp³-hybridized carbons (Fsp3) is 0.773. The number of hydrogen-bond acceptors (Lipinski definition) is 4. The van der Waals surface area contributed by atoms with Crippen molar-refractivity contribution in [1.82, 2.24) is 0 Å². The van der Waals surface area contributed by atoms with E-state index < -0.39 is 5.97 Å². The minimum Gasteiger partial charge on any atom is -0.481 e. The molecule has 0 spiro atoms. The van der Waals surface area contributed by atoms with Crippen LogP contribution in [0.5, 0.6) is 0 Å². The third kappa shape index (κ3) is 9.04. The van der Waals surface area contributed by atoms with Crippen molar-refractivity contribution < 1.29 is 24.4 Å². The van der Waals surface area contributed by atoms with Crippen LogP contribution in [0.2, 0.25) is 0 Å². The van der Waals surface area contributed by atoms with Crippen LogP contribution in [0.15, 0.2) is 24.8 Å². The van der Waals surface area contributed by atoms with Crippen molar-refractivity contribution in [3.8, 4) is 0 Å². The normalized spacial score (nSPS) is 28.6. The molecule has 0 radical (unpaired) electrons. The minimum atomic E-state index is -0.844. The van der Waals surface area contributed by atoms with E-state index in [-0.39, 0.29) is 24.7 Å². The van der Waals surface area contributed by atoms with Gasteiger partial charge < -0.3 is 9.84 Å². The largest absolute Gasteiger partial charge is 0.481 e. The second-order valence-corrected chi connectivity index (χ2v) is 7.73. The number of unbranched alkanes of at least 4 members (excludes halogenated alkanes) is 5. The Bertz CT molecular complexity index is 454. The van der Waals surface area contributed by atoms with Crippen LogP contribution < -0.4 is 0 Å². The highest BCUT2D eigenvalue weighted by atomic mass is 17.2. The molecule has 4 unspecified atom stereocenters. The molecule has 4 atom stereocenters. The number of carboxylic acid groups (broad SMARTS) is 1. The molecule has 154 valence electrons. The summed E-state index contributed by atoms with van der Waals surface area (Å²) in [7, 11) is 0. The highest BCUT2D eigenvalue weighted by Crippen LogP contribution is 2.31. The van der Waals surface area contributed by atoms with Crippen molar-refractivity contribution in [2.45, 2.75) is 108 Å². The lowest BCUT2D eigenvalue weighted by atomic mass is 10.0. The Balaban J connectivity index is 1.47. The lowest BCUT2D eigenvalue weighted by Crippen LogP contribution is -2.37. The molecule has 2 saturated heterocycles. The van der Waals surface area contributed by atoms with Gasteiger partial charge in [-0.2, -0.15) is 0 Å². The predicted molar refractivity (Wildman–Crippen MR) is 105 cm³/mol. The van der Waals surface area contributed by atoms with Crippen LogP contribution in [0.4, 0.5) is 0 Å². The lowest BCUT2D eigenvalue weighted by Gasteiger charge is -2.30. The Morgan fingerprint density at radius 2 is 1.63 bits per heavy atom. The molecule has 5 nitrogen and oxygen atoms in total. The van der Waals surface area contributed by atoms with Crippen molar-refractivity contribution in [1.29, 1.82) is 0 Å². The third-order valence-corrected chi connectivity index (χ3v) is 5.40. The first-order chi connectivity index (χ1) is 13.2. The zero-order valence-electron chi connectivity index (χ0n) is 16.5. The molecule has 0 aliphatic carbocycles. The van der Waals surface area contributed by atoms with E-state index in [4.69, 9.17) is 19.6 Å². The Kier molecular flexibility index (Phi) is 10.7. The van der Waals surface area contributed by atoms with Crippen molar-refractivity contribution in [2.75, 3.05) is 0 Å². The summed E-state index contributed by atoms with van der Waals surface area (Å²) in [5, 5.41) is 8.81. The van der Waals surface area contributed by atoms with Gasteiger partial charge in [0.05, 0.1) is 18.6 Å². The molecule has 2 rings (SSSR count). The fourth-order valence-electron chi connectivity index (χ4n) is 3.83. The van der Waals surface area contributed by atoms with Gasteiger partial charge in [0.25, 0.3) is 0 Å². The topological polar surface area (TPSA) is 65.0 Å². The van der Waals surface area contributed by atoms with Crippen LogP contribution >= 0.6 is 0 Å². The molecule has 2 fully saturated rings. The molecular formula is C22H36O5. The second kappa shape index (κ2) is 13.1.